The van der Waals surface area contributed by atoms with E-state index in [0.29, 0.717) is 36.0 Å². The van der Waals surface area contributed by atoms with Crippen LogP contribution in [0.25, 0.3) is 0 Å². The largest absolute Gasteiger partial charge is 0.493 e. The predicted molar refractivity (Wildman–Crippen MR) is 124 cm³/mol. The van der Waals surface area contributed by atoms with Crippen LogP contribution in [0.15, 0.2) is 36.4 Å². The molecule has 1 unspecified atom stereocenters. The van der Waals surface area contributed by atoms with Gasteiger partial charge in [0.15, 0.2) is 11.5 Å². The summed E-state index contributed by atoms with van der Waals surface area (Å²) < 4.78 is 16.1. The lowest BCUT2D eigenvalue weighted by Crippen LogP contribution is -2.40. The number of nitrogens with zero attached hydrogens (tertiary/aromatic N) is 1. The normalized spacial score (nSPS) is 16.1. The second-order valence-electron chi connectivity index (χ2n) is 8.76. The molecule has 1 atom stereocenters. The summed E-state index contributed by atoms with van der Waals surface area (Å²) in [6.07, 6.45) is 0.160. The fraction of sp³-hybridized carbons (Fsp3) is 0.440. The lowest BCUT2D eigenvalue weighted by Gasteiger charge is -2.27. The topological polar surface area (TPSA) is 77.1 Å². The molecule has 3 rings (SSSR count). The van der Waals surface area contributed by atoms with Crippen LogP contribution in [0, 0.1) is 12.8 Å². The highest BCUT2D eigenvalue weighted by Crippen LogP contribution is 2.42. The van der Waals surface area contributed by atoms with Crippen LogP contribution >= 0.6 is 0 Å². The highest BCUT2D eigenvalue weighted by atomic mass is 16.5. The van der Waals surface area contributed by atoms with Gasteiger partial charge in [-0.3, -0.25) is 9.59 Å². The zero-order chi connectivity index (χ0) is 23.5. The quantitative estimate of drug-likeness (QED) is 0.680. The summed E-state index contributed by atoms with van der Waals surface area (Å²) >= 11 is 0. The maximum Gasteiger partial charge on any atom is 0.227 e. The Labute approximate surface area is 189 Å². The number of amides is 2. The molecule has 7 heteroatoms. The first kappa shape index (κ1) is 23.4. The molecule has 0 saturated carbocycles. The van der Waals surface area contributed by atoms with Gasteiger partial charge in [0.1, 0.15) is 0 Å². The van der Waals surface area contributed by atoms with E-state index in [1.165, 1.54) is 32.5 Å². The summed E-state index contributed by atoms with van der Waals surface area (Å²) in [5, 5.41) is 3.05. The first-order valence-electron chi connectivity index (χ1n) is 10.7. The van der Waals surface area contributed by atoms with E-state index < -0.39 is 5.92 Å². The van der Waals surface area contributed by atoms with E-state index in [2.05, 4.69) is 44.3 Å². The highest BCUT2D eigenvalue weighted by Gasteiger charge is 2.36. The van der Waals surface area contributed by atoms with E-state index in [9.17, 15) is 9.59 Å². The minimum Gasteiger partial charge on any atom is -0.493 e. The van der Waals surface area contributed by atoms with Crippen LogP contribution in [-0.2, 0) is 15.0 Å². The summed E-state index contributed by atoms with van der Waals surface area (Å²) in [6.45, 7) is 7.05. The van der Waals surface area contributed by atoms with Gasteiger partial charge in [-0.1, -0.05) is 43.7 Å². The maximum absolute atomic E-state index is 12.9. The van der Waals surface area contributed by atoms with Crippen LogP contribution in [0.3, 0.4) is 0 Å². The summed E-state index contributed by atoms with van der Waals surface area (Å²) in [5.74, 6) is 0.726. The average Bonchev–Trinajstić information content (AvgIpc) is 3.18. The predicted octanol–water partition coefficient (Wildman–Crippen LogP) is 3.47. The van der Waals surface area contributed by atoms with Crippen molar-refractivity contribution in [2.45, 2.75) is 32.6 Å². The molecule has 1 saturated heterocycles. The van der Waals surface area contributed by atoms with Gasteiger partial charge in [-0.25, -0.2) is 0 Å². The standard InChI is InChI=1S/C25H32N2O5/c1-16-8-7-9-18(10-16)25(2,3)15-26-24(29)17-11-22(28)27(14-17)19-12-20(30-4)23(32-6)21(13-19)31-5/h7-10,12-13,17H,11,14-15H2,1-6H3,(H,26,29). The van der Waals surface area contributed by atoms with Crippen molar-refractivity contribution in [3.05, 3.63) is 47.5 Å². The molecule has 0 spiro atoms. The van der Waals surface area contributed by atoms with Crippen LogP contribution < -0.4 is 24.4 Å². The second-order valence-corrected chi connectivity index (χ2v) is 8.76. The smallest absolute Gasteiger partial charge is 0.227 e. The number of carbonyl (C=O) groups is 2. The fourth-order valence-corrected chi connectivity index (χ4v) is 3.98. The number of benzene rings is 2. The van der Waals surface area contributed by atoms with Crippen molar-refractivity contribution < 1.29 is 23.8 Å². The van der Waals surface area contributed by atoms with Crippen molar-refractivity contribution in [2.24, 2.45) is 5.92 Å². The van der Waals surface area contributed by atoms with Crippen LogP contribution in [0.4, 0.5) is 5.69 Å². The molecule has 2 aromatic carbocycles. The monoisotopic (exact) mass is 440 g/mol. The molecule has 1 aliphatic rings. The average molecular weight is 441 g/mol. The minimum absolute atomic E-state index is 0.114. The molecule has 2 amide bonds. The zero-order valence-electron chi connectivity index (χ0n) is 19.7. The third kappa shape index (κ3) is 4.82. The number of ether oxygens (including phenoxy) is 3. The van der Waals surface area contributed by atoms with Gasteiger partial charge in [-0.15, -0.1) is 0 Å². The minimum atomic E-state index is -0.421. The Morgan fingerprint density at radius 1 is 1.09 bits per heavy atom. The van der Waals surface area contributed by atoms with E-state index in [-0.39, 0.29) is 23.7 Å². The van der Waals surface area contributed by atoms with E-state index in [4.69, 9.17) is 14.2 Å². The van der Waals surface area contributed by atoms with E-state index in [0.717, 1.165) is 0 Å². The Hall–Kier alpha value is -3.22. The molecule has 32 heavy (non-hydrogen) atoms. The summed E-state index contributed by atoms with van der Waals surface area (Å²) in [5.41, 5.74) is 2.74. The van der Waals surface area contributed by atoms with Crippen molar-refractivity contribution in [1.82, 2.24) is 5.32 Å². The van der Waals surface area contributed by atoms with Gasteiger partial charge in [0.25, 0.3) is 0 Å². The summed E-state index contributed by atoms with van der Waals surface area (Å²) in [6, 6.07) is 11.7. The van der Waals surface area contributed by atoms with Crippen LogP contribution in [-0.4, -0.2) is 46.2 Å². The Bertz CT molecular complexity index is 977. The number of carbonyl (C=O) groups excluding carboxylic acids is 2. The lowest BCUT2D eigenvalue weighted by molar-refractivity contribution is -0.126. The zero-order valence-corrected chi connectivity index (χ0v) is 19.7. The summed E-state index contributed by atoms with van der Waals surface area (Å²) in [4.78, 5) is 27.2. The van der Waals surface area contributed by atoms with E-state index >= 15 is 0 Å². The molecule has 1 fully saturated rings. The third-order valence-corrected chi connectivity index (χ3v) is 5.96. The Balaban J connectivity index is 1.71. The number of hydrogen-bond donors (Lipinski definition) is 1. The molecule has 1 aliphatic heterocycles. The lowest BCUT2D eigenvalue weighted by atomic mass is 9.84. The number of rotatable bonds is 8. The van der Waals surface area contributed by atoms with Crippen molar-refractivity contribution in [3.63, 3.8) is 0 Å². The first-order valence-corrected chi connectivity index (χ1v) is 10.7. The van der Waals surface area contributed by atoms with Gasteiger partial charge in [-0.05, 0) is 12.5 Å². The SMILES string of the molecule is COc1cc(N2CC(C(=O)NCC(C)(C)c3cccc(C)c3)CC2=O)cc(OC)c1OC. The van der Waals surface area contributed by atoms with Crippen molar-refractivity contribution in [2.75, 3.05) is 39.3 Å². The molecule has 1 N–H and O–H groups in total. The van der Waals surface area contributed by atoms with Crippen LogP contribution in [0.2, 0.25) is 0 Å². The Kier molecular flexibility index (Phi) is 6.96. The molecule has 0 aliphatic carbocycles. The van der Waals surface area contributed by atoms with Crippen molar-refractivity contribution >= 4 is 17.5 Å². The third-order valence-electron chi connectivity index (χ3n) is 5.96. The summed E-state index contributed by atoms with van der Waals surface area (Å²) in [7, 11) is 4.58. The molecule has 0 bridgehead atoms. The molecular weight excluding hydrogens is 408 g/mol. The van der Waals surface area contributed by atoms with E-state index in [1.54, 1.807) is 17.0 Å². The second kappa shape index (κ2) is 9.51. The molecule has 0 radical (unpaired) electrons. The first-order chi connectivity index (χ1) is 15.2. The fourth-order valence-electron chi connectivity index (χ4n) is 3.98. The number of anilines is 1. The van der Waals surface area contributed by atoms with Crippen molar-refractivity contribution in [3.8, 4) is 17.2 Å². The van der Waals surface area contributed by atoms with Gasteiger partial charge in [-0.2, -0.15) is 0 Å². The van der Waals surface area contributed by atoms with E-state index in [1.807, 2.05) is 6.07 Å². The van der Waals surface area contributed by atoms with Gasteiger partial charge in [0.2, 0.25) is 17.6 Å². The molecule has 7 nitrogen and oxygen atoms in total. The molecule has 2 aromatic rings. The van der Waals surface area contributed by atoms with Crippen LogP contribution in [0.1, 0.15) is 31.4 Å². The van der Waals surface area contributed by atoms with Gasteiger partial charge < -0.3 is 24.4 Å². The Morgan fingerprint density at radius 2 is 1.75 bits per heavy atom. The maximum atomic E-state index is 12.9. The molecule has 0 aromatic heterocycles. The number of aryl methyl sites for hydroxylation is 1. The van der Waals surface area contributed by atoms with Gasteiger partial charge >= 0.3 is 0 Å². The highest BCUT2D eigenvalue weighted by molar-refractivity contribution is 6.00. The number of nitrogens with one attached hydrogen (secondary N) is 1. The number of methoxy groups -OCH3 is 3. The number of hydrogen-bond acceptors (Lipinski definition) is 5. The van der Waals surface area contributed by atoms with Gasteiger partial charge in [0, 0.05) is 37.1 Å². The molecule has 1 heterocycles. The molecule has 172 valence electrons. The molecular formula is C25H32N2O5. The van der Waals surface area contributed by atoms with Crippen molar-refractivity contribution in [1.29, 1.82) is 0 Å². The van der Waals surface area contributed by atoms with Crippen LogP contribution in [0.5, 0.6) is 17.2 Å². The Morgan fingerprint density at radius 3 is 2.31 bits per heavy atom. The van der Waals surface area contributed by atoms with Gasteiger partial charge in [0.05, 0.1) is 32.9 Å².